The molecule has 1 saturated carbocycles. The smallest absolute Gasteiger partial charge is 0.395 e. The summed E-state index contributed by atoms with van der Waals surface area (Å²) in [5.74, 6) is -0.623. The van der Waals surface area contributed by atoms with E-state index in [2.05, 4.69) is 26.1 Å². The van der Waals surface area contributed by atoms with Crippen LogP contribution < -0.4 is 5.32 Å². The van der Waals surface area contributed by atoms with Crippen LogP contribution in [0.5, 0.6) is 0 Å². The van der Waals surface area contributed by atoms with Gasteiger partial charge in [0.2, 0.25) is 5.91 Å². The molecule has 2 fully saturated rings. The Morgan fingerprint density at radius 2 is 2.00 bits per heavy atom. The van der Waals surface area contributed by atoms with Gasteiger partial charge < -0.3 is 14.6 Å². The van der Waals surface area contributed by atoms with Crippen LogP contribution in [0.1, 0.15) is 50.6 Å². The van der Waals surface area contributed by atoms with Crippen molar-refractivity contribution in [1.82, 2.24) is 10.2 Å². The maximum atomic E-state index is 12.4. The largest absolute Gasteiger partial charge is 0.433 e. The number of hydrogen-bond acceptors (Lipinski definition) is 5. The second kappa shape index (κ2) is 6.74. The fraction of sp³-hybridized carbons (Fsp3) is 0.667. The lowest BCUT2D eigenvalue weighted by Gasteiger charge is -2.42. The fourth-order valence-electron chi connectivity index (χ4n) is 4.28. The summed E-state index contributed by atoms with van der Waals surface area (Å²) in [7, 11) is 0. The van der Waals surface area contributed by atoms with Crippen molar-refractivity contribution in [3.63, 3.8) is 0 Å². The highest BCUT2D eigenvalue weighted by atomic mass is 16.6. The molecule has 1 saturated heterocycles. The van der Waals surface area contributed by atoms with Crippen molar-refractivity contribution in [3.05, 3.63) is 28.0 Å². The van der Waals surface area contributed by atoms with Crippen molar-refractivity contribution >= 4 is 17.7 Å². The predicted molar refractivity (Wildman–Crippen MR) is 93.5 cm³/mol. The summed E-state index contributed by atoms with van der Waals surface area (Å²) in [4.78, 5) is 36.1. The molecule has 2 atom stereocenters. The van der Waals surface area contributed by atoms with Gasteiger partial charge in [-0.2, -0.15) is 0 Å². The first-order valence-corrected chi connectivity index (χ1v) is 8.98. The number of hydrogen-bond donors (Lipinski definition) is 1. The maximum Gasteiger partial charge on any atom is 0.433 e. The number of nitrogens with one attached hydrogen (secondary N) is 1. The van der Waals surface area contributed by atoms with Gasteiger partial charge in [-0.1, -0.05) is 20.8 Å². The number of carbonyl (C=O) groups excluding carboxylic acids is 2. The van der Waals surface area contributed by atoms with E-state index in [4.69, 9.17) is 4.42 Å². The molecule has 1 aromatic heterocycles. The first kappa shape index (κ1) is 18.4. The molecule has 0 bridgehead atoms. The van der Waals surface area contributed by atoms with Gasteiger partial charge in [0.1, 0.15) is 4.92 Å². The molecule has 2 aliphatic rings. The Hall–Kier alpha value is -2.38. The maximum absolute atomic E-state index is 12.4. The number of furan rings is 1. The van der Waals surface area contributed by atoms with Crippen LogP contribution >= 0.6 is 0 Å². The summed E-state index contributed by atoms with van der Waals surface area (Å²) in [6.07, 6.45) is 3.12. The van der Waals surface area contributed by atoms with Gasteiger partial charge in [0.25, 0.3) is 5.91 Å². The summed E-state index contributed by atoms with van der Waals surface area (Å²) < 4.78 is 4.92. The van der Waals surface area contributed by atoms with E-state index >= 15 is 0 Å². The Morgan fingerprint density at radius 1 is 1.31 bits per heavy atom. The highest BCUT2D eigenvalue weighted by molar-refractivity contribution is 5.94. The Balaban J connectivity index is 1.50. The molecule has 2 unspecified atom stereocenters. The van der Waals surface area contributed by atoms with Crippen LogP contribution in [-0.4, -0.2) is 40.8 Å². The molecule has 8 nitrogen and oxygen atoms in total. The standard InChI is InChI=1S/C18H25N3O5/c1-11-6-13(8-18(2,3)7-11)19-16(22)12-9-20(10-12)17(23)14-4-5-15(26-14)21(24)25/h4-5,11-13H,6-10H2,1-3H3,(H,19,22). The van der Waals surface area contributed by atoms with Crippen molar-refractivity contribution in [1.29, 1.82) is 0 Å². The van der Waals surface area contributed by atoms with Crippen LogP contribution in [0.3, 0.4) is 0 Å². The van der Waals surface area contributed by atoms with Crippen molar-refractivity contribution < 1.29 is 18.9 Å². The zero-order chi connectivity index (χ0) is 19.1. The zero-order valence-electron chi connectivity index (χ0n) is 15.4. The fourth-order valence-corrected chi connectivity index (χ4v) is 4.28. The van der Waals surface area contributed by atoms with E-state index in [0.29, 0.717) is 19.0 Å². The van der Waals surface area contributed by atoms with Gasteiger partial charge in [-0.05, 0) is 36.7 Å². The number of nitro groups is 1. The monoisotopic (exact) mass is 363 g/mol. The number of nitrogens with zero attached hydrogens (tertiary/aromatic N) is 2. The van der Waals surface area contributed by atoms with Crippen LogP contribution in [0, 0.1) is 27.4 Å². The minimum absolute atomic E-state index is 0.0191. The second-order valence-electron chi connectivity index (χ2n) is 8.42. The molecule has 0 aromatic carbocycles. The lowest BCUT2D eigenvalue weighted by molar-refractivity contribution is -0.402. The molecule has 8 heteroatoms. The molecule has 1 aliphatic carbocycles. The first-order valence-electron chi connectivity index (χ1n) is 8.98. The minimum atomic E-state index is -0.685. The molecule has 142 valence electrons. The third-order valence-electron chi connectivity index (χ3n) is 5.26. The molecule has 2 amide bonds. The van der Waals surface area contributed by atoms with Gasteiger partial charge >= 0.3 is 5.88 Å². The van der Waals surface area contributed by atoms with Crippen LogP contribution in [0.4, 0.5) is 5.88 Å². The normalized spacial score (nSPS) is 25.4. The molecule has 1 aromatic rings. The Kier molecular flexibility index (Phi) is 4.77. The van der Waals surface area contributed by atoms with Crippen LogP contribution in [0.15, 0.2) is 16.5 Å². The van der Waals surface area contributed by atoms with Gasteiger partial charge in [-0.3, -0.25) is 19.7 Å². The summed E-state index contributed by atoms with van der Waals surface area (Å²) >= 11 is 0. The minimum Gasteiger partial charge on any atom is -0.395 e. The van der Waals surface area contributed by atoms with Crippen molar-refractivity contribution in [2.45, 2.75) is 46.1 Å². The van der Waals surface area contributed by atoms with Crippen LogP contribution in [-0.2, 0) is 4.79 Å². The molecular weight excluding hydrogens is 338 g/mol. The van der Waals surface area contributed by atoms with E-state index < -0.39 is 16.7 Å². The number of carbonyl (C=O) groups is 2. The average Bonchev–Trinajstić information content (AvgIpc) is 2.92. The summed E-state index contributed by atoms with van der Waals surface area (Å²) in [6.45, 7) is 7.30. The Labute approximate surface area is 152 Å². The zero-order valence-corrected chi connectivity index (χ0v) is 15.4. The topological polar surface area (TPSA) is 106 Å². The van der Waals surface area contributed by atoms with Gasteiger partial charge in [-0.25, -0.2) is 0 Å². The van der Waals surface area contributed by atoms with E-state index in [1.807, 2.05) is 0 Å². The van der Waals surface area contributed by atoms with Crippen molar-refractivity contribution in [2.24, 2.45) is 17.3 Å². The highest BCUT2D eigenvalue weighted by Crippen LogP contribution is 2.38. The van der Waals surface area contributed by atoms with Crippen molar-refractivity contribution in [2.75, 3.05) is 13.1 Å². The number of likely N-dealkylation sites (tertiary alicyclic amines) is 1. The van der Waals surface area contributed by atoms with E-state index in [9.17, 15) is 19.7 Å². The summed E-state index contributed by atoms with van der Waals surface area (Å²) in [5, 5.41) is 13.8. The summed E-state index contributed by atoms with van der Waals surface area (Å²) in [5.41, 5.74) is 0.227. The quantitative estimate of drug-likeness (QED) is 0.654. The molecular formula is C18H25N3O5. The van der Waals surface area contributed by atoms with E-state index in [-0.39, 0.29) is 29.0 Å². The Morgan fingerprint density at radius 3 is 2.58 bits per heavy atom. The van der Waals surface area contributed by atoms with E-state index in [1.165, 1.54) is 17.4 Å². The lowest BCUT2D eigenvalue weighted by atomic mass is 9.70. The third-order valence-corrected chi connectivity index (χ3v) is 5.26. The lowest BCUT2D eigenvalue weighted by Crippen LogP contribution is -2.57. The number of amides is 2. The van der Waals surface area contributed by atoms with E-state index in [0.717, 1.165) is 18.9 Å². The van der Waals surface area contributed by atoms with Crippen molar-refractivity contribution in [3.8, 4) is 0 Å². The molecule has 3 rings (SSSR count). The average molecular weight is 363 g/mol. The Bertz CT molecular complexity index is 720. The van der Waals surface area contributed by atoms with Gasteiger partial charge in [0.15, 0.2) is 5.76 Å². The predicted octanol–water partition coefficient (Wildman–Crippen LogP) is 2.59. The van der Waals surface area contributed by atoms with Crippen LogP contribution in [0.25, 0.3) is 0 Å². The van der Waals surface area contributed by atoms with E-state index in [1.54, 1.807) is 0 Å². The third kappa shape index (κ3) is 3.89. The van der Waals surface area contributed by atoms with Gasteiger partial charge in [-0.15, -0.1) is 0 Å². The second-order valence-corrected chi connectivity index (χ2v) is 8.42. The molecule has 2 heterocycles. The van der Waals surface area contributed by atoms with Gasteiger partial charge in [0.05, 0.1) is 12.0 Å². The first-order chi connectivity index (χ1) is 12.1. The van der Waals surface area contributed by atoms with Crippen LogP contribution in [0.2, 0.25) is 0 Å². The summed E-state index contributed by atoms with van der Waals surface area (Å²) in [6, 6.07) is 2.63. The molecule has 1 N–H and O–H groups in total. The number of rotatable bonds is 4. The SMILES string of the molecule is CC1CC(NC(=O)C2CN(C(=O)c3ccc([N+](=O)[O-])o3)C2)CC(C)(C)C1. The molecule has 0 spiro atoms. The molecule has 26 heavy (non-hydrogen) atoms. The molecule has 1 aliphatic heterocycles. The molecule has 0 radical (unpaired) electrons. The van der Waals surface area contributed by atoms with Gasteiger partial charge in [0, 0.05) is 19.1 Å². The highest BCUT2D eigenvalue weighted by Gasteiger charge is 2.39.